The van der Waals surface area contributed by atoms with Crippen LogP contribution in [0, 0.1) is 0 Å². The third-order valence-electron chi connectivity index (χ3n) is 3.10. The van der Waals surface area contributed by atoms with Crippen LogP contribution in [0.4, 0.5) is 13.2 Å². The highest BCUT2D eigenvalue weighted by atomic mass is 32.2. The summed E-state index contributed by atoms with van der Waals surface area (Å²) in [4.78, 5) is 14.8. The van der Waals surface area contributed by atoms with Crippen molar-refractivity contribution in [2.75, 3.05) is 0 Å². The summed E-state index contributed by atoms with van der Waals surface area (Å²) in [6.45, 7) is 6.37. The first-order valence-electron chi connectivity index (χ1n) is 7.89. The molecule has 140 valence electrons. The fraction of sp³-hybridized carbons (Fsp3) is 0.529. The van der Waals surface area contributed by atoms with E-state index < -0.39 is 22.7 Å². The van der Waals surface area contributed by atoms with Crippen molar-refractivity contribution in [3.05, 3.63) is 35.4 Å². The predicted octanol–water partition coefficient (Wildman–Crippen LogP) is 4.50. The van der Waals surface area contributed by atoms with Gasteiger partial charge in [0.05, 0.1) is 11.6 Å². The molecule has 1 rings (SSSR count). The first kappa shape index (κ1) is 21.5. The summed E-state index contributed by atoms with van der Waals surface area (Å²) in [5.41, 5.74) is -0.757. The molecule has 0 radical (unpaired) electrons. The fourth-order valence-corrected chi connectivity index (χ4v) is 2.94. The van der Waals surface area contributed by atoms with Crippen molar-refractivity contribution < 1.29 is 23.1 Å². The Labute approximate surface area is 149 Å². The Bertz CT molecular complexity index is 625. The molecule has 4 nitrogen and oxygen atoms in total. The average Bonchev–Trinajstić information content (AvgIpc) is 2.44. The van der Waals surface area contributed by atoms with Gasteiger partial charge in [-0.05, 0) is 38.8 Å². The first-order chi connectivity index (χ1) is 11.4. The molecule has 0 aromatic heterocycles. The third kappa shape index (κ3) is 7.48. The molecular formula is C17H23F3N2O2S. The number of nitrogens with one attached hydrogen (secondary N) is 1. The second-order valence-corrected chi connectivity index (χ2v) is 7.63. The molecule has 2 N–H and O–H groups in total. The molecule has 0 bridgehead atoms. The van der Waals surface area contributed by atoms with Crippen molar-refractivity contribution in [3.8, 4) is 0 Å². The van der Waals surface area contributed by atoms with E-state index in [2.05, 4.69) is 10.3 Å². The third-order valence-corrected chi connectivity index (χ3v) is 4.00. The number of nitrogens with zero attached hydrogens (tertiary/aromatic N) is 1. The maximum Gasteiger partial charge on any atom is 0.416 e. The van der Waals surface area contributed by atoms with Gasteiger partial charge in [0.15, 0.2) is 5.17 Å². The van der Waals surface area contributed by atoms with Gasteiger partial charge < -0.3 is 10.4 Å². The highest BCUT2D eigenvalue weighted by Gasteiger charge is 2.34. The van der Waals surface area contributed by atoms with E-state index in [1.165, 1.54) is 39.0 Å². The Balaban J connectivity index is 3.17. The summed E-state index contributed by atoms with van der Waals surface area (Å²) < 4.78 is 39.5. The Hall–Kier alpha value is -1.54. The lowest BCUT2D eigenvalue weighted by molar-refractivity contribution is -0.138. The van der Waals surface area contributed by atoms with E-state index >= 15 is 0 Å². The summed E-state index contributed by atoms with van der Waals surface area (Å²) >= 11 is 0.885. The highest BCUT2D eigenvalue weighted by molar-refractivity contribution is 8.14. The molecule has 1 atom stereocenters. The van der Waals surface area contributed by atoms with E-state index in [1.54, 1.807) is 0 Å². The Morgan fingerprint density at radius 2 is 1.92 bits per heavy atom. The van der Waals surface area contributed by atoms with Gasteiger partial charge in [0.2, 0.25) is 5.91 Å². The molecule has 1 amide bonds. The number of alkyl halides is 3. The van der Waals surface area contributed by atoms with E-state index in [0.717, 1.165) is 17.8 Å². The van der Waals surface area contributed by atoms with Crippen LogP contribution in [0.1, 0.15) is 57.7 Å². The number of halogens is 3. The minimum atomic E-state index is -4.49. The molecule has 0 saturated carbocycles. The lowest BCUT2D eigenvalue weighted by Gasteiger charge is -2.21. The summed E-state index contributed by atoms with van der Waals surface area (Å²) in [6, 6.07) is 4.34. The van der Waals surface area contributed by atoms with Crippen molar-refractivity contribution >= 4 is 22.8 Å². The fourth-order valence-electron chi connectivity index (χ4n) is 2.09. The van der Waals surface area contributed by atoms with Crippen molar-refractivity contribution in [1.82, 2.24) is 5.32 Å². The number of hydrogen-bond acceptors (Lipinski definition) is 4. The van der Waals surface area contributed by atoms with Gasteiger partial charge in [-0.25, -0.2) is 0 Å². The van der Waals surface area contributed by atoms with E-state index in [4.69, 9.17) is 0 Å². The molecule has 1 unspecified atom stereocenters. The zero-order chi connectivity index (χ0) is 19.3. The van der Waals surface area contributed by atoms with Gasteiger partial charge >= 0.3 is 6.18 Å². The van der Waals surface area contributed by atoms with Gasteiger partial charge in [0.25, 0.3) is 0 Å². The molecule has 0 aliphatic heterocycles. The zero-order valence-electron chi connectivity index (χ0n) is 14.6. The molecule has 1 aromatic rings. The number of hydrogen-bond donors (Lipinski definition) is 2. The van der Waals surface area contributed by atoms with Crippen LogP contribution in [-0.2, 0) is 11.0 Å². The van der Waals surface area contributed by atoms with Crippen molar-refractivity contribution in [2.24, 2.45) is 4.99 Å². The number of thioether (sulfide) groups is 1. The monoisotopic (exact) mass is 376 g/mol. The molecular weight excluding hydrogens is 353 g/mol. The normalized spacial score (nSPS) is 14.3. The standard InChI is InChI=1S/C17H23F3N2O2S/c1-5-8-14(23)22-15(25-16(3,4)24)21-11(2)12-9-6-7-10-13(12)17(18,19)20/h6-7,9-11,24H,5,8H2,1-4H3,(H,21,22,23). The van der Waals surface area contributed by atoms with Gasteiger partial charge in [-0.15, -0.1) is 0 Å². The molecule has 0 heterocycles. The number of aliphatic hydroxyl groups is 1. The Kier molecular flexibility index (Phi) is 7.49. The second-order valence-electron chi connectivity index (χ2n) is 6.04. The second kappa shape index (κ2) is 8.71. The maximum atomic E-state index is 13.2. The lowest BCUT2D eigenvalue weighted by atomic mass is 10.0. The van der Waals surface area contributed by atoms with Crippen LogP contribution < -0.4 is 5.32 Å². The van der Waals surface area contributed by atoms with Gasteiger partial charge in [-0.2, -0.15) is 13.2 Å². The predicted molar refractivity (Wildman–Crippen MR) is 94.2 cm³/mol. The summed E-state index contributed by atoms with van der Waals surface area (Å²) in [7, 11) is 0. The lowest BCUT2D eigenvalue weighted by Crippen LogP contribution is -2.32. The minimum Gasteiger partial charge on any atom is -0.380 e. The quantitative estimate of drug-likeness (QED) is 0.452. The topological polar surface area (TPSA) is 61.7 Å². The highest BCUT2D eigenvalue weighted by Crippen LogP contribution is 2.36. The summed E-state index contributed by atoms with van der Waals surface area (Å²) in [5.74, 6) is -0.297. The van der Waals surface area contributed by atoms with Crippen LogP contribution in [0.15, 0.2) is 29.3 Å². The van der Waals surface area contributed by atoms with Crippen LogP contribution in [0.5, 0.6) is 0 Å². The van der Waals surface area contributed by atoms with E-state index in [1.807, 2.05) is 6.92 Å². The molecule has 0 saturated heterocycles. The van der Waals surface area contributed by atoms with Gasteiger partial charge in [0, 0.05) is 6.42 Å². The molecule has 8 heteroatoms. The SMILES string of the molecule is CCCC(=O)NC(=NC(C)c1ccccc1C(F)(F)F)SC(C)(C)O. The minimum absolute atomic E-state index is 0.00795. The number of carbonyl (C=O) groups is 1. The number of rotatable bonds is 5. The van der Waals surface area contributed by atoms with Crippen molar-refractivity contribution in [3.63, 3.8) is 0 Å². The van der Waals surface area contributed by atoms with Crippen LogP contribution in [-0.4, -0.2) is 21.1 Å². The Morgan fingerprint density at radius 3 is 2.44 bits per heavy atom. The number of amides is 1. The number of aliphatic imine (C=N–C) groups is 1. The maximum absolute atomic E-state index is 13.2. The zero-order valence-corrected chi connectivity index (χ0v) is 15.5. The van der Waals surface area contributed by atoms with E-state index in [-0.39, 0.29) is 23.1 Å². The summed E-state index contributed by atoms with van der Waals surface area (Å²) in [6.07, 6.45) is -3.60. The molecule has 0 spiro atoms. The molecule has 25 heavy (non-hydrogen) atoms. The number of amidine groups is 1. The average molecular weight is 376 g/mol. The molecule has 0 aliphatic carbocycles. The molecule has 0 fully saturated rings. The van der Waals surface area contributed by atoms with Crippen LogP contribution in [0.2, 0.25) is 0 Å². The van der Waals surface area contributed by atoms with Gasteiger partial charge in [0.1, 0.15) is 4.93 Å². The van der Waals surface area contributed by atoms with Crippen LogP contribution in [0.3, 0.4) is 0 Å². The largest absolute Gasteiger partial charge is 0.416 e. The molecule has 0 aliphatic rings. The Morgan fingerprint density at radius 1 is 1.32 bits per heavy atom. The van der Waals surface area contributed by atoms with E-state index in [0.29, 0.717) is 6.42 Å². The van der Waals surface area contributed by atoms with Gasteiger partial charge in [-0.3, -0.25) is 9.79 Å². The van der Waals surface area contributed by atoms with E-state index in [9.17, 15) is 23.1 Å². The molecule has 1 aromatic carbocycles. The van der Waals surface area contributed by atoms with Gasteiger partial charge in [-0.1, -0.05) is 36.9 Å². The smallest absolute Gasteiger partial charge is 0.380 e. The number of benzene rings is 1. The van der Waals surface area contributed by atoms with Crippen molar-refractivity contribution in [1.29, 1.82) is 0 Å². The van der Waals surface area contributed by atoms with Crippen molar-refractivity contribution in [2.45, 2.75) is 57.7 Å². The first-order valence-corrected chi connectivity index (χ1v) is 8.71. The van der Waals surface area contributed by atoms with Crippen LogP contribution in [0.25, 0.3) is 0 Å². The van der Waals surface area contributed by atoms with Crippen LogP contribution >= 0.6 is 11.8 Å². The number of carbonyl (C=O) groups excluding carboxylic acids is 1. The summed E-state index contributed by atoms with van der Waals surface area (Å²) in [5, 5.41) is 12.6.